The smallest absolute Gasteiger partial charge is 0.416 e. The minimum Gasteiger partial charge on any atom is -0.489 e. The third-order valence-electron chi connectivity index (χ3n) is 4.71. The Hall–Kier alpha value is -3.07. The molecule has 1 fully saturated rings. The average Bonchev–Trinajstić information content (AvgIpc) is 2.98. The molecule has 0 aliphatic carbocycles. The molecule has 2 amide bonds. The summed E-state index contributed by atoms with van der Waals surface area (Å²) >= 11 is 0.957. The van der Waals surface area contributed by atoms with E-state index in [0.29, 0.717) is 22.4 Å². The summed E-state index contributed by atoms with van der Waals surface area (Å²) < 4.78 is 43.6. The maximum Gasteiger partial charge on any atom is 0.416 e. The number of carbonyl (C=O) groups excluding carboxylic acids is 2. The quantitative estimate of drug-likeness (QED) is 0.567. The molecule has 2 heterocycles. The van der Waals surface area contributed by atoms with E-state index in [1.54, 1.807) is 24.4 Å². The summed E-state index contributed by atoms with van der Waals surface area (Å²) in [4.78, 5) is 29.3. The van der Waals surface area contributed by atoms with Crippen LogP contribution in [0.4, 0.5) is 18.0 Å². The molecule has 154 valence electrons. The van der Waals surface area contributed by atoms with Crippen molar-refractivity contribution in [3.8, 4) is 5.75 Å². The number of thioether (sulfide) groups is 1. The van der Waals surface area contributed by atoms with Crippen molar-refractivity contribution in [2.24, 2.45) is 0 Å². The first-order chi connectivity index (χ1) is 14.2. The van der Waals surface area contributed by atoms with Gasteiger partial charge in [0, 0.05) is 24.7 Å². The Kier molecular flexibility index (Phi) is 5.15. The second-order valence-corrected chi connectivity index (χ2v) is 7.82. The van der Waals surface area contributed by atoms with Crippen molar-refractivity contribution in [2.75, 3.05) is 7.05 Å². The van der Waals surface area contributed by atoms with Crippen molar-refractivity contribution in [2.45, 2.75) is 18.0 Å². The number of rotatable bonds is 4. The number of pyridine rings is 1. The summed E-state index contributed by atoms with van der Waals surface area (Å²) in [5.74, 6) is 0.242. The lowest BCUT2D eigenvalue weighted by Gasteiger charge is -2.11. The highest BCUT2D eigenvalue weighted by molar-refractivity contribution is 8.14. The van der Waals surface area contributed by atoms with Crippen LogP contribution in [0.2, 0.25) is 0 Å². The summed E-state index contributed by atoms with van der Waals surface area (Å²) in [6, 6.07) is 11.8. The van der Waals surface area contributed by atoms with Gasteiger partial charge in [-0.3, -0.25) is 19.5 Å². The van der Waals surface area contributed by atoms with E-state index < -0.39 is 17.0 Å². The van der Waals surface area contributed by atoms with Crippen LogP contribution < -0.4 is 4.74 Å². The number of benzene rings is 2. The number of aromatic nitrogens is 1. The summed E-state index contributed by atoms with van der Waals surface area (Å²) in [7, 11) is 1.45. The number of hydrogen-bond donors (Lipinski definition) is 0. The molecule has 3 aromatic rings. The predicted octanol–water partition coefficient (Wildman–Crippen LogP) is 5.20. The molecule has 30 heavy (non-hydrogen) atoms. The van der Waals surface area contributed by atoms with Crippen LogP contribution in [-0.2, 0) is 17.6 Å². The molecule has 0 N–H and O–H groups in total. The zero-order chi connectivity index (χ0) is 21.5. The Morgan fingerprint density at radius 1 is 1.10 bits per heavy atom. The van der Waals surface area contributed by atoms with Crippen LogP contribution in [0.15, 0.2) is 54.7 Å². The number of nitrogens with zero attached hydrogens (tertiary/aromatic N) is 2. The molecule has 1 saturated heterocycles. The Bertz CT molecular complexity index is 1130. The standard InChI is InChI=1S/C21H15F3N2O3S/c1-26-19(27)18(30-20(26)28)14-8-13-4-7-16(9-17(13)25-10-14)29-11-12-2-5-15(6-3-12)21(22,23)24/h2-10,18H,11H2,1H3. The van der Waals surface area contributed by atoms with E-state index in [2.05, 4.69) is 4.98 Å². The molecule has 0 radical (unpaired) electrons. The van der Waals surface area contributed by atoms with Crippen molar-refractivity contribution in [1.29, 1.82) is 0 Å². The van der Waals surface area contributed by atoms with Crippen LogP contribution in [0.5, 0.6) is 5.75 Å². The molecule has 1 atom stereocenters. The predicted molar refractivity (Wildman–Crippen MR) is 106 cm³/mol. The Labute approximate surface area is 173 Å². The fourth-order valence-corrected chi connectivity index (χ4v) is 3.99. The maximum absolute atomic E-state index is 12.6. The molecular formula is C21H15F3N2O3S. The van der Waals surface area contributed by atoms with Crippen molar-refractivity contribution in [1.82, 2.24) is 9.88 Å². The normalized spacial score (nSPS) is 17.1. The van der Waals surface area contributed by atoms with Crippen LogP contribution in [0.3, 0.4) is 0 Å². The zero-order valence-corrected chi connectivity index (χ0v) is 16.5. The van der Waals surface area contributed by atoms with Gasteiger partial charge in [0.2, 0.25) is 5.91 Å². The maximum atomic E-state index is 12.6. The highest BCUT2D eigenvalue weighted by Gasteiger charge is 2.38. The zero-order valence-electron chi connectivity index (χ0n) is 15.6. The number of carbonyl (C=O) groups is 2. The summed E-state index contributed by atoms with van der Waals surface area (Å²) in [5.41, 5.74) is 1.19. The largest absolute Gasteiger partial charge is 0.489 e. The Morgan fingerprint density at radius 2 is 1.83 bits per heavy atom. The topological polar surface area (TPSA) is 59.5 Å². The molecule has 1 aliphatic heterocycles. The first-order valence-corrected chi connectivity index (χ1v) is 9.77. The number of imide groups is 1. The Morgan fingerprint density at radius 3 is 2.47 bits per heavy atom. The van der Waals surface area contributed by atoms with E-state index in [4.69, 9.17) is 4.74 Å². The van der Waals surface area contributed by atoms with Gasteiger partial charge in [-0.2, -0.15) is 13.2 Å². The number of fused-ring (bicyclic) bond motifs is 1. The molecule has 5 nitrogen and oxygen atoms in total. The van der Waals surface area contributed by atoms with Crippen LogP contribution in [0, 0.1) is 0 Å². The Balaban J connectivity index is 1.48. The van der Waals surface area contributed by atoms with Gasteiger partial charge >= 0.3 is 6.18 Å². The molecule has 1 aliphatic rings. The molecule has 0 spiro atoms. The fourth-order valence-electron chi connectivity index (χ4n) is 3.01. The monoisotopic (exact) mass is 432 g/mol. The average molecular weight is 432 g/mol. The number of halogens is 3. The van der Waals surface area contributed by atoms with Crippen molar-refractivity contribution in [3.63, 3.8) is 0 Å². The van der Waals surface area contributed by atoms with Crippen molar-refractivity contribution >= 4 is 33.8 Å². The van der Waals surface area contributed by atoms with E-state index in [1.807, 2.05) is 6.07 Å². The highest BCUT2D eigenvalue weighted by atomic mass is 32.2. The lowest BCUT2D eigenvalue weighted by Crippen LogP contribution is -2.24. The van der Waals surface area contributed by atoms with Crippen molar-refractivity contribution < 1.29 is 27.5 Å². The van der Waals surface area contributed by atoms with E-state index in [0.717, 1.165) is 34.2 Å². The lowest BCUT2D eigenvalue weighted by atomic mass is 10.1. The second kappa shape index (κ2) is 7.64. The molecule has 4 rings (SSSR count). The SMILES string of the molecule is CN1C(=O)SC(c2cnc3cc(OCc4ccc(C(F)(F)F)cc4)ccc3c2)C1=O. The van der Waals surface area contributed by atoms with Gasteiger partial charge in [0.15, 0.2) is 0 Å². The van der Waals surface area contributed by atoms with Gasteiger partial charge in [-0.15, -0.1) is 0 Å². The van der Waals surface area contributed by atoms with Gasteiger partial charge in [0.1, 0.15) is 17.6 Å². The number of ether oxygens (including phenoxy) is 1. The minimum atomic E-state index is -4.37. The molecule has 2 aromatic carbocycles. The van der Waals surface area contributed by atoms with Crippen LogP contribution in [0.25, 0.3) is 10.9 Å². The van der Waals surface area contributed by atoms with E-state index in [-0.39, 0.29) is 17.8 Å². The van der Waals surface area contributed by atoms with Gasteiger partial charge in [0.25, 0.3) is 5.24 Å². The second-order valence-electron chi connectivity index (χ2n) is 6.77. The van der Waals surface area contributed by atoms with Crippen LogP contribution in [0.1, 0.15) is 21.9 Å². The molecule has 1 unspecified atom stereocenters. The molecule has 0 saturated carbocycles. The van der Waals surface area contributed by atoms with Gasteiger partial charge in [-0.25, -0.2) is 0 Å². The van der Waals surface area contributed by atoms with Gasteiger partial charge in [-0.1, -0.05) is 12.1 Å². The number of alkyl halides is 3. The molecule has 1 aromatic heterocycles. The third-order valence-corrected chi connectivity index (χ3v) is 5.90. The summed E-state index contributed by atoms with van der Waals surface area (Å²) in [6.07, 6.45) is -2.81. The van der Waals surface area contributed by atoms with E-state index in [9.17, 15) is 22.8 Å². The van der Waals surface area contributed by atoms with Crippen LogP contribution >= 0.6 is 11.8 Å². The van der Waals surface area contributed by atoms with E-state index in [1.165, 1.54) is 19.2 Å². The van der Waals surface area contributed by atoms with Crippen molar-refractivity contribution in [3.05, 3.63) is 71.4 Å². The molecule has 9 heteroatoms. The fraction of sp³-hybridized carbons (Fsp3) is 0.190. The first-order valence-electron chi connectivity index (χ1n) is 8.89. The number of likely N-dealkylation sites (N-methyl/N-ethyl adjacent to an activating group) is 1. The minimum absolute atomic E-state index is 0.114. The van der Waals surface area contributed by atoms with Gasteiger partial charge < -0.3 is 4.74 Å². The van der Waals surface area contributed by atoms with Crippen LogP contribution in [-0.4, -0.2) is 28.1 Å². The summed E-state index contributed by atoms with van der Waals surface area (Å²) in [6.45, 7) is 0.114. The summed E-state index contributed by atoms with van der Waals surface area (Å²) in [5, 5.41) is -0.114. The van der Waals surface area contributed by atoms with Gasteiger partial charge in [0.05, 0.1) is 11.1 Å². The molecule has 0 bridgehead atoms. The lowest BCUT2D eigenvalue weighted by molar-refractivity contribution is -0.137. The van der Waals surface area contributed by atoms with E-state index >= 15 is 0 Å². The van der Waals surface area contributed by atoms with Gasteiger partial charge in [-0.05, 0) is 53.2 Å². The number of hydrogen-bond acceptors (Lipinski definition) is 5. The third kappa shape index (κ3) is 3.97. The number of amides is 2. The highest BCUT2D eigenvalue weighted by Crippen LogP contribution is 2.39. The first kappa shape index (κ1) is 20.2. The molecular weight excluding hydrogens is 417 g/mol.